The van der Waals surface area contributed by atoms with Gasteiger partial charge in [0.2, 0.25) is 0 Å². The molecule has 0 bridgehead atoms. The Hall–Kier alpha value is -2.11. The molecule has 0 aliphatic heterocycles. The largest absolute Gasteiger partial charge is 0.448 e. The third-order valence-electron chi connectivity index (χ3n) is 2.51. The van der Waals surface area contributed by atoms with Gasteiger partial charge in [-0.2, -0.15) is 0 Å². The standard InChI is InChI=1S/C13H18N2O4/c1-4-5-14-12(17)9(3)19-13(18)11-6-10(7-15-11)8(2)16/h6-7,9,15H,4-5H2,1-3H3,(H,14,17). The smallest absolute Gasteiger partial charge is 0.355 e. The molecule has 0 saturated carbocycles. The molecule has 0 aromatic carbocycles. The van der Waals surface area contributed by atoms with Crippen LogP contribution in [0.3, 0.4) is 0 Å². The van der Waals surface area contributed by atoms with Crippen molar-refractivity contribution in [2.75, 3.05) is 6.54 Å². The van der Waals surface area contributed by atoms with Crippen LogP contribution < -0.4 is 5.32 Å². The highest BCUT2D eigenvalue weighted by atomic mass is 16.5. The number of H-pyrrole nitrogens is 1. The average Bonchev–Trinajstić information content (AvgIpc) is 2.85. The monoisotopic (exact) mass is 266 g/mol. The molecule has 1 rings (SSSR count). The molecular formula is C13H18N2O4. The summed E-state index contributed by atoms with van der Waals surface area (Å²) in [6.07, 6.45) is 1.37. The highest BCUT2D eigenvalue weighted by Gasteiger charge is 2.19. The van der Waals surface area contributed by atoms with Crippen molar-refractivity contribution in [1.29, 1.82) is 0 Å². The zero-order valence-corrected chi connectivity index (χ0v) is 11.3. The molecule has 0 aliphatic rings. The van der Waals surface area contributed by atoms with E-state index in [1.165, 1.54) is 26.1 Å². The first-order valence-electron chi connectivity index (χ1n) is 6.13. The summed E-state index contributed by atoms with van der Waals surface area (Å²) in [6.45, 7) is 5.37. The van der Waals surface area contributed by atoms with Gasteiger partial charge in [-0.1, -0.05) is 6.92 Å². The number of carbonyl (C=O) groups is 3. The van der Waals surface area contributed by atoms with Gasteiger partial charge in [-0.05, 0) is 26.3 Å². The topological polar surface area (TPSA) is 88.3 Å². The summed E-state index contributed by atoms with van der Waals surface area (Å²) < 4.78 is 4.99. The number of Topliss-reactive ketones (excluding diaryl/α,β-unsaturated/α-hetero) is 1. The van der Waals surface area contributed by atoms with Crippen LogP contribution in [0.5, 0.6) is 0 Å². The Kier molecular flexibility index (Phi) is 5.29. The van der Waals surface area contributed by atoms with E-state index in [0.717, 1.165) is 6.42 Å². The van der Waals surface area contributed by atoms with Crippen molar-refractivity contribution in [2.24, 2.45) is 0 Å². The minimum atomic E-state index is -0.872. The lowest BCUT2D eigenvalue weighted by molar-refractivity contribution is -0.129. The Morgan fingerprint density at radius 2 is 2.11 bits per heavy atom. The fourth-order valence-electron chi connectivity index (χ4n) is 1.38. The van der Waals surface area contributed by atoms with E-state index in [1.54, 1.807) is 0 Å². The third kappa shape index (κ3) is 4.24. The second kappa shape index (κ2) is 6.72. The molecule has 6 nitrogen and oxygen atoms in total. The van der Waals surface area contributed by atoms with Gasteiger partial charge in [-0.25, -0.2) is 4.79 Å². The van der Waals surface area contributed by atoms with Gasteiger partial charge >= 0.3 is 5.97 Å². The normalized spacial score (nSPS) is 11.7. The van der Waals surface area contributed by atoms with Gasteiger partial charge in [0, 0.05) is 18.3 Å². The van der Waals surface area contributed by atoms with Gasteiger partial charge in [0.05, 0.1) is 0 Å². The molecule has 0 spiro atoms. The minimum absolute atomic E-state index is 0.149. The van der Waals surface area contributed by atoms with Crippen LogP contribution >= 0.6 is 0 Å². The maximum Gasteiger partial charge on any atom is 0.355 e. The van der Waals surface area contributed by atoms with Gasteiger partial charge in [0.15, 0.2) is 11.9 Å². The number of aromatic nitrogens is 1. The molecule has 19 heavy (non-hydrogen) atoms. The molecule has 104 valence electrons. The fraction of sp³-hybridized carbons (Fsp3) is 0.462. The summed E-state index contributed by atoms with van der Waals surface area (Å²) in [5.74, 6) is -1.15. The highest BCUT2D eigenvalue weighted by molar-refractivity contribution is 5.98. The van der Waals surface area contributed by atoms with E-state index in [1.807, 2.05) is 6.92 Å². The average molecular weight is 266 g/mol. The SMILES string of the molecule is CCCNC(=O)C(C)OC(=O)c1cc(C(C)=O)c[nH]1. The Labute approximate surface area is 111 Å². The number of rotatable bonds is 6. The minimum Gasteiger partial charge on any atom is -0.448 e. The summed E-state index contributed by atoms with van der Waals surface area (Å²) in [7, 11) is 0. The van der Waals surface area contributed by atoms with Crippen molar-refractivity contribution in [3.05, 3.63) is 23.5 Å². The predicted octanol–water partition coefficient (Wildman–Crippen LogP) is 1.29. The van der Waals surface area contributed by atoms with Gasteiger partial charge in [0.1, 0.15) is 5.69 Å². The van der Waals surface area contributed by atoms with Gasteiger partial charge in [-0.3, -0.25) is 9.59 Å². The molecule has 0 saturated heterocycles. The molecule has 0 radical (unpaired) electrons. The van der Waals surface area contributed by atoms with E-state index < -0.39 is 12.1 Å². The maximum atomic E-state index is 11.7. The number of aromatic amines is 1. The second-order valence-electron chi connectivity index (χ2n) is 4.20. The van der Waals surface area contributed by atoms with Gasteiger partial charge < -0.3 is 15.0 Å². The molecule has 1 unspecified atom stereocenters. The number of hydrogen-bond donors (Lipinski definition) is 2. The molecular weight excluding hydrogens is 248 g/mol. The Morgan fingerprint density at radius 3 is 2.63 bits per heavy atom. The number of esters is 1. The fourth-order valence-corrected chi connectivity index (χ4v) is 1.38. The van der Waals surface area contributed by atoms with Gasteiger partial charge in [-0.15, -0.1) is 0 Å². The van der Waals surface area contributed by atoms with Crippen molar-refractivity contribution < 1.29 is 19.1 Å². The molecule has 1 heterocycles. The van der Waals surface area contributed by atoms with Crippen molar-refractivity contribution in [2.45, 2.75) is 33.3 Å². The van der Waals surface area contributed by atoms with Gasteiger partial charge in [0.25, 0.3) is 5.91 Å². The molecule has 0 aliphatic carbocycles. The summed E-state index contributed by atoms with van der Waals surface area (Å²) in [5.41, 5.74) is 0.551. The van der Waals surface area contributed by atoms with Crippen LogP contribution in [-0.2, 0) is 9.53 Å². The molecule has 1 aromatic rings. The molecule has 1 aromatic heterocycles. The van der Waals surface area contributed by atoms with Crippen LogP contribution in [0.25, 0.3) is 0 Å². The van der Waals surface area contributed by atoms with Crippen molar-refractivity contribution in [1.82, 2.24) is 10.3 Å². The summed E-state index contributed by atoms with van der Waals surface area (Å²) in [6, 6.07) is 1.40. The van der Waals surface area contributed by atoms with E-state index in [4.69, 9.17) is 4.74 Å². The lowest BCUT2D eigenvalue weighted by Crippen LogP contribution is -2.36. The Bertz CT molecular complexity index is 479. The lowest BCUT2D eigenvalue weighted by atomic mass is 10.2. The quantitative estimate of drug-likeness (QED) is 0.600. The summed E-state index contributed by atoms with van der Waals surface area (Å²) in [4.78, 5) is 37.0. The molecule has 6 heteroatoms. The van der Waals surface area contributed by atoms with Crippen LogP contribution in [0.15, 0.2) is 12.3 Å². The first-order valence-corrected chi connectivity index (χ1v) is 6.13. The first-order chi connectivity index (χ1) is 8.95. The number of hydrogen-bond acceptors (Lipinski definition) is 4. The van der Waals surface area contributed by atoms with Crippen LogP contribution in [-0.4, -0.2) is 35.3 Å². The number of ketones is 1. The van der Waals surface area contributed by atoms with Crippen molar-refractivity contribution in [3.8, 4) is 0 Å². The number of amides is 1. The zero-order valence-electron chi connectivity index (χ0n) is 11.3. The van der Waals surface area contributed by atoms with Crippen molar-refractivity contribution in [3.63, 3.8) is 0 Å². The number of nitrogens with one attached hydrogen (secondary N) is 2. The third-order valence-corrected chi connectivity index (χ3v) is 2.51. The zero-order chi connectivity index (χ0) is 14.4. The second-order valence-corrected chi connectivity index (χ2v) is 4.20. The Balaban J connectivity index is 2.58. The van der Waals surface area contributed by atoms with E-state index in [0.29, 0.717) is 12.1 Å². The van der Waals surface area contributed by atoms with E-state index in [-0.39, 0.29) is 17.4 Å². The lowest BCUT2D eigenvalue weighted by Gasteiger charge is -2.12. The highest BCUT2D eigenvalue weighted by Crippen LogP contribution is 2.07. The van der Waals surface area contributed by atoms with Crippen LogP contribution in [0.2, 0.25) is 0 Å². The summed E-state index contributed by atoms with van der Waals surface area (Å²) in [5, 5.41) is 2.63. The summed E-state index contributed by atoms with van der Waals surface area (Å²) >= 11 is 0. The van der Waals surface area contributed by atoms with Crippen LogP contribution in [0, 0.1) is 0 Å². The van der Waals surface area contributed by atoms with E-state index in [2.05, 4.69) is 10.3 Å². The molecule has 1 atom stereocenters. The number of carbonyl (C=O) groups excluding carboxylic acids is 3. The predicted molar refractivity (Wildman–Crippen MR) is 69.0 cm³/mol. The van der Waals surface area contributed by atoms with Crippen molar-refractivity contribution >= 4 is 17.7 Å². The van der Waals surface area contributed by atoms with E-state index in [9.17, 15) is 14.4 Å². The molecule has 2 N–H and O–H groups in total. The first kappa shape index (κ1) is 14.9. The van der Waals surface area contributed by atoms with Crippen LogP contribution in [0.1, 0.15) is 48.0 Å². The van der Waals surface area contributed by atoms with Crippen LogP contribution in [0.4, 0.5) is 0 Å². The molecule has 0 fully saturated rings. The Morgan fingerprint density at radius 1 is 1.42 bits per heavy atom. The maximum absolute atomic E-state index is 11.7. The molecule has 1 amide bonds. The number of ether oxygens (including phenoxy) is 1. The van der Waals surface area contributed by atoms with E-state index >= 15 is 0 Å².